The molecule has 0 N–H and O–H groups in total. The molecule has 0 radical (unpaired) electrons. The Morgan fingerprint density at radius 2 is 1.08 bits per heavy atom. The van der Waals surface area contributed by atoms with E-state index in [0.717, 1.165) is 33.0 Å². The van der Waals surface area contributed by atoms with E-state index in [4.69, 9.17) is 15.2 Å². The van der Waals surface area contributed by atoms with Crippen molar-refractivity contribution in [2.24, 2.45) is 0 Å². The van der Waals surface area contributed by atoms with Crippen molar-refractivity contribution >= 4 is 61.7 Å². The third kappa shape index (κ3) is 10.5. The molecule has 0 saturated carbocycles. The molecule has 422 valence electrons. The molecule has 10 aromatic carbocycles. The van der Waals surface area contributed by atoms with E-state index in [0.29, 0.717) is 28.2 Å². The first-order chi connectivity index (χ1) is 48.8. The Morgan fingerprint density at radius 3 is 1.71 bits per heavy atom. The van der Waals surface area contributed by atoms with Crippen LogP contribution in [0.1, 0.15) is 106 Å². The fraction of sp³-hybridized carbons (Fsp3) is 0.154. The summed E-state index contributed by atoms with van der Waals surface area (Å²) in [7, 11) is -6.20. The Kier molecular flexibility index (Phi) is 9.90. The van der Waals surface area contributed by atoms with Crippen LogP contribution in [-0.4, -0.2) is 22.2 Å². The van der Waals surface area contributed by atoms with Crippen LogP contribution in [0.3, 0.4) is 0 Å². The maximum absolute atomic E-state index is 10.2. The topological polar surface area (TPSA) is 35.9 Å². The first-order valence-electron chi connectivity index (χ1n) is 37.5. The quantitative estimate of drug-likeness (QED) is 0.0560. The molecule has 0 aliphatic rings. The molecule has 0 fully saturated rings. The second-order valence-corrected chi connectivity index (χ2v) is 27.4. The molecular formula is C78H68N4OPtSi-2. The molecule has 0 aliphatic carbocycles. The van der Waals surface area contributed by atoms with Crippen LogP contribution in [0, 0.1) is 18.5 Å². The van der Waals surface area contributed by atoms with Crippen LogP contribution in [0.15, 0.2) is 248 Å². The predicted octanol–water partition coefficient (Wildman–Crippen LogP) is 16.2. The summed E-state index contributed by atoms with van der Waals surface area (Å²) in [6, 6.07) is 25.2. The van der Waals surface area contributed by atoms with Crippen LogP contribution in [0.4, 0.5) is 0 Å². The van der Waals surface area contributed by atoms with Crippen molar-refractivity contribution < 1.29 is 57.8 Å². The van der Waals surface area contributed by atoms with Crippen molar-refractivity contribution in [3.63, 3.8) is 0 Å². The van der Waals surface area contributed by atoms with Crippen LogP contribution in [-0.2, 0) is 37.3 Å². The summed E-state index contributed by atoms with van der Waals surface area (Å²) in [6.45, 7) is 17.9. The molecule has 0 atom stereocenters. The zero-order valence-electron chi connectivity index (χ0n) is 68.1. The number of para-hydroxylation sites is 1. The summed E-state index contributed by atoms with van der Waals surface area (Å²) in [4.78, 5) is 4.85. The van der Waals surface area contributed by atoms with Crippen LogP contribution < -0.4 is 30.1 Å². The summed E-state index contributed by atoms with van der Waals surface area (Å²) in [5, 5.41) is -0.981. The van der Waals surface area contributed by atoms with Gasteiger partial charge in [0.25, 0.3) is 6.33 Å². The molecule has 7 heteroatoms. The molecule has 0 amide bonds. The van der Waals surface area contributed by atoms with E-state index in [2.05, 4.69) is 66.1 Å². The second-order valence-electron chi connectivity index (χ2n) is 23.8. The first kappa shape index (κ1) is 37.6. The van der Waals surface area contributed by atoms with Gasteiger partial charge in [-0.05, 0) is 111 Å². The van der Waals surface area contributed by atoms with Gasteiger partial charge in [-0.25, -0.2) is 4.98 Å². The summed E-state index contributed by atoms with van der Waals surface area (Å²) in [5.74, 6) is 1.13. The molecular weight excluding hydrogens is 1230 g/mol. The van der Waals surface area contributed by atoms with Crippen LogP contribution >= 0.6 is 0 Å². The normalized spacial score (nSPS) is 15.5. The first-order valence-corrected chi connectivity index (χ1v) is 29.5. The molecule has 0 unspecified atom stereocenters. The number of fused-ring (bicyclic) bond motifs is 4. The zero-order chi connectivity index (χ0) is 75.4. The molecule has 3 heterocycles. The number of rotatable bonds is 11. The Labute approximate surface area is 544 Å². The van der Waals surface area contributed by atoms with Gasteiger partial charge < -0.3 is 13.9 Å². The molecule has 13 rings (SSSR count). The van der Waals surface area contributed by atoms with Crippen LogP contribution in [0.25, 0.3) is 72.3 Å². The zero-order valence-corrected chi connectivity index (χ0v) is 51.4. The van der Waals surface area contributed by atoms with Crippen molar-refractivity contribution in [1.82, 2.24) is 14.1 Å². The Bertz CT molecular complexity index is 5530. The minimum Gasteiger partial charge on any atom is -0.510 e. The van der Waals surface area contributed by atoms with Crippen molar-refractivity contribution in [3.8, 4) is 50.9 Å². The van der Waals surface area contributed by atoms with E-state index in [-0.39, 0.29) is 70.8 Å². The predicted molar refractivity (Wildman–Crippen MR) is 351 cm³/mol. The number of imidazole rings is 1. The summed E-state index contributed by atoms with van der Waals surface area (Å²) in [5.41, 5.74) is 3.40. The summed E-state index contributed by atoms with van der Waals surface area (Å²) < 4.78 is 204. The monoisotopic (exact) mass is 1320 g/mol. The van der Waals surface area contributed by atoms with Gasteiger partial charge in [-0.1, -0.05) is 255 Å². The fourth-order valence-electron chi connectivity index (χ4n) is 11.0. The number of pyridine rings is 1. The van der Waals surface area contributed by atoms with Gasteiger partial charge in [0.05, 0.1) is 44.1 Å². The molecule has 0 saturated heterocycles. The SMILES string of the molecule is [2H]c1c([2H])c([2H])c(-c2cc(C(C)(C)C)cc([Si](c3c([2H])c([2H])c([2H])c([2H])c3[2H])(c3c([2H])c([2H])c([2H])c([2H])c3[2H])c3c([2H])c([2H])c([2H])c([2H])c3[2H])c2-[n+]2[c-]n(-c3[c-]c(Oc4[c-]c5c(cc4)c4ccccc4n5-c4cc(C(C)(C)C)ccn4)ccc3)c3cc(-c4ccc(C(C)(C)C)cc4)ccc32)c([2H])c1[2H].[Pt]. The maximum atomic E-state index is 10.2. The standard InChI is InChI=1S/C78H68N4OSi.Pt/c1-76(2,3)57-40-37-54(38-41-57)56-39-44-70-72(47-56)80(60-27-24-28-61(51-60)83-62-42-43-67-66-35-22-23-36-69(66)82(71(67)52-62)74-50-58(45-46-79-74)77(4,5)6)53-81(70)75-68(55-25-14-10-15-26-55)48-59(78(7,8)9)49-73(75)84(63-29-16-11-17-30-63,64-31-18-12-19-32-64)65-33-20-13-21-34-65;/h10-50H,1-9H3;/q-2;/i10D,11D,12D,13D,14D,15D,16D,17D,18D,19D,20D,21D,25D,26D,29D,30D,31D,32D,33D,34D;. The summed E-state index contributed by atoms with van der Waals surface area (Å²) >= 11 is 0. The smallest absolute Gasteiger partial charge is 0.268 e. The van der Waals surface area contributed by atoms with Gasteiger partial charge in [0.15, 0.2) is 8.07 Å². The fourth-order valence-corrected chi connectivity index (χ4v) is 15.0. The van der Waals surface area contributed by atoms with Crippen LogP contribution in [0.5, 0.6) is 11.5 Å². The van der Waals surface area contributed by atoms with E-state index in [1.807, 2.05) is 71.3 Å². The number of hydrogen-bond donors (Lipinski definition) is 0. The molecule has 3 aromatic heterocycles. The van der Waals surface area contributed by atoms with E-state index < -0.39 is 155 Å². The van der Waals surface area contributed by atoms with Crippen molar-refractivity contribution in [2.45, 2.75) is 78.6 Å². The molecule has 5 nitrogen and oxygen atoms in total. The van der Waals surface area contributed by atoms with Gasteiger partial charge in [-0.2, -0.15) is 18.2 Å². The third-order valence-corrected chi connectivity index (χ3v) is 19.5. The van der Waals surface area contributed by atoms with Crippen molar-refractivity contribution in [1.29, 1.82) is 0 Å². The molecule has 0 bridgehead atoms. The third-order valence-electron chi connectivity index (χ3n) is 15.4. The summed E-state index contributed by atoms with van der Waals surface area (Å²) in [6.07, 6.45) is 5.29. The Hall–Kier alpha value is -8.67. The second kappa shape index (κ2) is 22.4. The number of benzene rings is 10. The Morgan fingerprint density at radius 1 is 0.494 bits per heavy atom. The van der Waals surface area contributed by atoms with E-state index in [9.17, 15) is 21.9 Å². The van der Waals surface area contributed by atoms with Gasteiger partial charge in [-0.3, -0.25) is 4.57 Å². The van der Waals surface area contributed by atoms with Gasteiger partial charge in [0, 0.05) is 44.3 Å². The van der Waals surface area contributed by atoms with Crippen molar-refractivity contribution in [2.75, 3.05) is 0 Å². The van der Waals surface area contributed by atoms with Crippen molar-refractivity contribution in [3.05, 3.63) is 284 Å². The number of nitrogens with zero attached hydrogens (tertiary/aromatic N) is 4. The van der Waals surface area contributed by atoms with Crippen LogP contribution in [0.2, 0.25) is 0 Å². The number of ether oxygens (including phenoxy) is 1. The van der Waals surface area contributed by atoms with Gasteiger partial charge >= 0.3 is 0 Å². The van der Waals surface area contributed by atoms with E-state index >= 15 is 0 Å². The average Bonchev–Trinajstić information content (AvgIpc) is 0.719. The minimum atomic E-state index is -6.20. The number of hydrogen-bond acceptors (Lipinski definition) is 2. The number of aromatic nitrogens is 4. The maximum Gasteiger partial charge on any atom is 0.268 e. The van der Waals surface area contributed by atoms with Gasteiger partial charge in [0.2, 0.25) is 0 Å². The van der Waals surface area contributed by atoms with Gasteiger partial charge in [-0.15, -0.1) is 29.7 Å². The molecule has 0 spiro atoms. The van der Waals surface area contributed by atoms with Gasteiger partial charge in [0.1, 0.15) is 5.82 Å². The Balaban J connectivity index is 0.0000104. The molecule has 0 aliphatic heterocycles. The van der Waals surface area contributed by atoms with E-state index in [1.165, 1.54) is 16.7 Å². The average molecular weight is 1320 g/mol. The van der Waals surface area contributed by atoms with E-state index in [1.54, 1.807) is 67.9 Å². The minimum absolute atomic E-state index is 0. The molecule has 85 heavy (non-hydrogen) atoms. The molecule has 13 aromatic rings. The largest absolute Gasteiger partial charge is 0.510 e.